The lowest BCUT2D eigenvalue weighted by atomic mass is 9.75. The third-order valence-electron chi connectivity index (χ3n) is 4.13. The van der Waals surface area contributed by atoms with Crippen molar-refractivity contribution >= 4 is 5.69 Å². The molecule has 1 atom stereocenters. The van der Waals surface area contributed by atoms with Crippen LogP contribution in [0.25, 0.3) is 0 Å². The standard InChI is InChI=1S/C15H23N/c1-4-6-10-15(5-2)11-16-14-12(3)8-7-9-13(14)15/h7-9,16H,4-6,10-11H2,1-3H3. The van der Waals surface area contributed by atoms with Crippen molar-refractivity contribution in [1.82, 2.24) is 0 Å². The number of benzene rings is 1. The zero-order chi connectivity index (χ0) is 11.6. The molecule has 0 amide bonds. The summed E-state index contributed by atoms with van der Waals surface area (Å²) in [4.78, 5) is 0. The van der Waals surface area contributed by atoms with Crippen LogP contribution >= 0.6 is 0 Å². The topological polar surface area (TPSA) is 12.0 Å². The molecular formula is C15H23N. The van der Waals surface area contributed by atoms with Crippen molar-refractivity contribution in [1.29, 1.82) is 0 Å². The Morgan fingerprint density at radius 2 is 2.12 bits per heavy atom. The van der Waals surface area contributed by atoms with Crippen LogP contribution in [0.3, 0.4) is 0 Å². The van der Waals surface area contributed by atoms with Gasteiger partial charge in [0.15, 0.2) is 0 Å². The summed E-state index contributed by atoms with van der Waals surface area (Å²) in [6, 6.07) is 6.73. The minimum absolute atomic E-state index is 0.400. The predicted molar refractivity (Wildman–Crippen MR) is 71.2 cm³/mol. The first-order valence-corrected chi connectivity index (χ1v) is 6.57. The highest BCUT2D eigenvalue weighted by Crippen LogP contribution is 2.43. The third-order valence-corrected chi connectivity index (χ3v) is 4.13. The summed E-state index contributed by atoms with van der Waals surface area (Å²) >= 11 is 0. The largest absolute Gasteiger partial charge is 0.384 e. The third kappa shape index (κ3) is 1.73. The summed E-state index contributed by atoms with van der Waals surface area (Å²) in [5.41, 5.74) is 4.76. The lowest BCUT2D eigenvalue weighted by Crippen LogP contribution is -2.27. The second-order valence-corrected chi connectivity index (χ2v) is 5.09. The van der Waals surface area contributed by atoms with E-state index < -0.39 is 0 Å². The molecule has 16 heavy (non-hydrogen) atoms. The van der Waals surface area contributed by atoms with Gasteiger partial charge in [-0.1, -0.05) is 44.9 Å². The number of rotatable bonds is 4. The Bertz CT molecular complexity index is 370. The molecule has 0 aliphatic carbocycles. The fourth-order valence-corrected chi connectivity index (χ4v) is 2.93. The van der Waals surface area contributed by atoms with Crippen molar-refractivity contribution in [3.05, 3.63) is 29.3 Å². The molecule has 1 N–H and O–H groups in total. The molecule has 0 aromatic heterocycles. The minimum Gasteiger partial charge on any atom is -0.384 e. The van der Waals surface area contributed by atoms with Gasteiger partial charge >= 0.3 is 0 Å². The van der Waals surface area contributed by atoms with Gasteiger partial charge in [-0.05, 0) is 30.9 Å². The number of hydrogen-bond donors (Lipinski definition) is 1. The normalized spacial score (nSPS) is 22.9. The fraction of sp³-hybridized carbons (Fsp3) is 0.600. The average Bonchev–Trinajstić information content (AvgIpc) is 2.68. The summed E-state index contributed by atoms with van der Waals surface area (Å²) in [7, 11) is 0. The van der Waals surface area contributed by atoms with Gasteiger partial charge in [0.2, 0.25) is 0 Å². The summed E-state index contributed by atoms with van der Waals surface area (Å²) in [6.07, 6.45) is 5.20. The van der Waals surface area contributed by atoms with E-state index in [4.69, 9.17) is 0 Å². The molecule has 88 valence electrons. The van der Waals surface area contributed by atoms with Gasteiger partial charge in [0, 0.05) is 17.6 Å². The van der Waals surface area contributed by atoms with E-state index >= 15 is 0 Å². The summed E-state index contributed by atoms with van der Waals surface area (Å²) < 4.78 is 0. The van der Waals surface area contributed by atoms with Crippen molar-refractivity contribution in [3.63, 3.8) is 0 Å². The van der Waals surface area contributed by atoms with Crippen molar-refractivity contribution < 1.29 is 0 Å². The highest BCUT2D eigenvalue weighted by Gasteiger charge is 2.36. The van der Waals surface area contributed by atoms with Gasteiger partial charge in [0.25, 0.3) is 0 Å². The van der Waals surface area contributed by atoms with E-state index in [0.717, 1.165) is 6.54 Å². The minimum atomic E-state index is 0.400. The van der Waals surface area contributed by atoms with Crippen molar-refractivity contribution in [2.45, 2.75) is 51.9 Å². The molecule has 1 aliphatic rings. The Hall–Kier alpha value is -0.980. The number of aryl methyl sites for hydroxylation is 1. The number of anilines is 1. The number of fused-ring (bicyclic) bond motifs is 1. The Kier molecular flexibility index (Phi) is 3.22. The molecule has 1 heterocycles. The van der Waals surface area contributed by atoms with E-state index in [0.29, 0.717) is 5.41 Å². The van der Waals surface area contributed by atoms with Crippen LogP contribution < -0.4 is 5.32 Å². The first kappa shape index (κ1) is 11.5. The van der Waals surface area contributed by atoms with E-state index in [-0.39, 0.29) is 0 Å². The van der Waals surface area contributed by atoms with E-state index in [2.05, 4.69) is 44.3 Å². The molecule has 0 saturated heterocycles. The maximum Gasteiger partial charge on any atom is 0.0409 e. The van der Waals surface area contributed by atoms with E-state index in [1.54, 1.807) is 5.56 Å². The first-order chi connectivity index (χ1) is 7.73. The Morgan fingerprint density at radius 3 is 2.81 bits per heavy atom. The van der Waals surface area contributed by atoms with E-state index in [9.17, 15) is 0 Å². The number of para-hydroxylation sites is 1. The van der Waals surface area contributed by atoms with Gasteiger partial charge in [-0.2, -0.15) is 0 Å². The van der Waals surface area contributed by atoms with Crippen molar-refractivity contribution in [3.8, 4) is 0 Å². The zero-order valence-electron chi connectivity index (χ0n) is 10.8. The fourth-order valence-electron chi connectivity index (χ4n) is 2.93. The highest BCUT2D eigenvalue weighted by molar-refractivity contribution is 5.64. The van der Waals surface area contributed by atoms with Crippen LogP contribution in [0.15, 0.2) is 18.2 Å². The van der Waals surface area contributed by atoms with Gasteiger partial charge in [0.1, 0.15) is 0 Å². The van der Waals surface area contributed by atoms with Crippen LogP contribution in [-0.2, 0) is 5.41 Å². The Labute approximate surface area is 99.3 Å². The molecule has 2 rings (SSSR count). The second kappa shape index (κ2) is 4.48. The molecule has 1 aromatic rings. The average molecular weight is 217 g/mol. The Balaban J connectivity index is 2.35. The maximum absolute atomic E-state index is 3.62. The SMILES string of the molecule is CCCCC1(CC)CNc2c(C)cccc21. The van der Waals surface area contributed by atoms with Crippen molar-refractivity contribution in [2.75, 3.05) is 11.9 Å². The zero-order valence-corrected chi connectivity index (χ0v) is 10.8. The smallest absolute Gasteiger partial charge is 0.0409 e. The first-order valence-electron chi connectivity index (χ1n) is 6.57. The second-order valence-electron chi connectivity index (χ2n) is 5.09. The molecule has 0 fully saturated rings. The lowest BCUT2D eigenvalue weighted by Gasteiger charge is -2.28. The molecular weight excluding hydrogens is 194 g/mol. The monoisotopic (exact) mass is 217 g/mol. The van der Waals surface area contributed by atoms with Gasteiger partial charge in [-0.25, -0.2) is 0 Å². The van der Waals surface area contributed by atoms with Crippen LogP contribution in [0.1, 0.15) is 50.7 Å². The summed E-state index contributed by atoms with van der Waals surface area (Å²) in [5.74, 6) is 0. The summed E-state index contributed by atoms with van der Waals surface area (Å²) in [5, 5.41) is 3.62. The molecule has 0 bridgehead atoms. The quantitative estimate of drug-likeness (QED) is 0.794. The molecule has 1 nitrogen and oxygen atoms in total. The number of hydrogen-bond acceptors (Lipinski definition) is 1. The van der Waals surface area contributed by atoms with Crippen LogP contribution in [0, 0.1) is 6.92 Å². The van der Waals surface area contributed by atoms with Gasteiger partial charge in [0.05, 0.1) is 0 Å². The lowest BCUT2D eigenvalue weighted by molar-refractivity contribution is 0.402. The van der Waals surface area contributed by atoms with Gasteiger partial charge in [-0.3, -0.25) is 0 Å². The van der Waals surface area contributed by atoms with Crippen LogP contribution in [0.2, 0.25) is 0 Å². The molecule has 0 radical (unpaired) electrons. The molecule has 1 aromatic carbocycles. The Morgan fingerprint density at radius 1 is 1.31 bits per heavy atom. The molecule has 1 aliphatic heterocycles. The predicted octanol–water partition coefficient (Wildman–Crippen LogP) is 4.26. The van der Waals surface area contributed by atoms with Gasteiger partial charge < -0.3 is 5.32 Å². The number of nitrogens with one attached hydrogen (secondary N) is 1. The van der Waals surface area contributed by atoms with Crippen molar-refractivity contribution in [2.24, 2.45) is 0 Å². The van der Waals surface area contributed by atoms with E-state index in [1.165, 1.54) is 36.9 Å². The maximum atomic E-state index is 3.62. The molecule has 1 unspecified atom stereocenters. The van der Waals surface area contributed by atoms with Crippen LogP contribution in [0.4, 0.5) is 5.69 Å². The molecule has 0 spiro atoms. The summed E-state index contributed by atoms with van der Waals surface area (Å²) in [6.45, 7) is 7.94. The van der Waals surface area contributed by atoms with E-state index in [1.807, 2.05) is 0 Å². The molecule has 0 saturated carbocycles. The highest BCUT2D eigenvalue weighted by atomic mass is 14.9. The van der Waals surface area contributed by atoms with Crippen LogP contribution in [-0.4, -0.2) is 6.54 Å². The molecule has 1 heteroatoms. The van der Waals surface area contributed by atoms with Crippen LogP contribution in [0.5, 0.6) is 0 Å². The van der Waals surface area contributed by atoms with Gasteiger partial charge in [-0.15, -0.1) is 0 Å². The number of unbranched alkanes of at least 4 members (excludes halogenated alkanes) is 1.